The van der Waals surface area contributed by atoms with E-state index in [1.807, 2.05) is 30.3 Å². The number of carbonyl (C=O) groups excluding carboxylic acids is 1. The van der Waals surface area contributed by atoms with Crippen LogP contribution in [0, 0.1) is 0 Å². The van der Waals surface area contributed by atoms with Gasteiger partial charge in [-0.15, -0.1) is 0 Å². The Bertz CT molecular complexity index is 1040. The zero-order valence-electron chi connectivity index (χ0n) is 16.3. The molecule has 0 aromatic heterocycles. The van der Waals surface area contributed by atoms with Gasteiger partial charge in [0.1, 0.15) is 24.7 Å². The number of hydrazone groups is 1. The van der Waals surface area contributed by atoms with Crippen molar-refractivity contribution in [3.8, 4) is 11.5 Å². The van der Waals surface area contributed by atoms with Crippen LogP contribution in [0.4, 0.5) is 0 Å². The summed E-state index contributed by atoms with van der Waals surface area (Å²) in [5.74, 6) is 0.835. The molecule has 1 N–H and O–H groups in total. The maximum absolute atomic E-state index is 12.6. The lowest BCUT2D eigenvalue weighted by Gasteiger charge is -2.11. The van der Waals surface area contributed by atoms with Crippen LogP contribution in [0.3, 0.4) is 0 Å². The largest absolute Gasteiger partial charge is 0.490 e. The summed E-state index contributed by atoms with van der Waals surface area (Å²) < 4.78 is 11.3. The van der Waals surface area contributed by atoms with Crippen LogP contribution in [0.5, 0.6) is 11.5 Å². The fourth-order valence-corrected chi connectivity index (χ4v) is 2.89. The molecule has 0 fully saturated rings. The quantitative estimate of drug-likeness (QED) is 0.280. The first-order valence-electron chi connectivity index (χ1n) is 9.24. The molecule has 3 aromatic carbocycles. The first-order valence-corrected chi connectivity index (χ1v) is 10.00. The summed E-state index contributed by atoms with van der Waals surface area (Å²) in [5, 5.41) is 5.03. The van der Waals surface area contributed by atoms with Crippen molar-refractivity contribution in [1.29, 1.82) is 0 Å². The molecule has 3 rings (SSSR count). The smallest absolute Gasteiger partial charge is 0.275 e. The van der Waals surface area contributed by atoms with Crippen molar-refractivity contribution < 1.29 is 14.3 Å². The average molecular weight is 443 g/mol. The summed E-state index contributed by atoms with van der Waals surface area (Å²) in [6, 6.07) is 21.6. The molecule has 3 aromatic rings. The third-order valence-corrected chi connectivity index (χ3v) is 4.89. The van der Waals surface area contributed by atoms with E-state index in [1.54, 1.807) is 49.4 Å². The number of benzene rings is 3. The number of amides is 1. The zero-order chi connectivity index (χ0) is 21.3. The van der Waals surface area contributed by atoms with Crippen molar-refractivity contribution in [2.75, 3.05) is 13.2 Å². The summed E-state index contributed by atoms with van der Waals surface area (Å²) in [4.78, 5) is 12.6. The minimum atomic E-state index is -0.381. The number of halogens is 2. The zero-order valence-corrected chi connectivity index (χ0v) is 17.8. The van der Waals surface area contributed by atoms with Crippen molar-refractivity contribution in [2.24, 2.45) is 5.10 Å². The summed E-state index contributed by atoms with van der Waals surface area (Å²) >= 11 is 12.0. The number of hydrogen-bond acceptors (Lipinski definition) is 4. The van der Waals surface area contributed by atoms with Gasteiger partial charge in [-0.05, 0) is 48.9 Å². The third-order valence-electron chi connectivity index (χ3n) is 4.15. The maximum Gasteiger partial charge on any atom is 0.275 e. The second kappa shape index (κ2) is 10.7. The van der Waals surface area contributed by atoms with E-state index in [4.69, 9.17) is 32.7 Å². The van der Waals surface area contributed by atoms with E-state index in [9.17, 15) is 4.79 Å². The highest BCUT2D eigenvalue weighted by molar-refractivity contribution is 6.42. The second-order valence-electron chi connectivity index (χ2n) is 6.27. The number of nitrogens with one attached hydrogen (secondary N) is 1. The van der Waals surface area contributed by atoms with Gasteiger partial charge >= 0.3 is 0 Å². The summed E-state index contributed by atoms with van der Waals surface area (Å²) in [6.45, 7) is 2.42. The Labute approximate surface area is 185 Å². The maximum atomic E-state index is 12.6. The first kappa shape index (κ1) is 21.7. The fourth-order valence-electron chi connectivity index (χ4n) is 2.59. The van der Waals surface area contributed by atoms with Gasteiger partial charge in [0, 0.05) is 0 Å². The molecular formula is C23H20Cl2N2O3. The van der Waals surface area contributed by atoms with Crippen LogP contribution in [-0.2, 0) is 0 Å². The van der Waals surface area contributed by atoms with E-state index in [-0.39, 0.29) is 5.91 Å². The van der Waals surface area contributed by atoms with Crippen LogP contribution in [0.25, 0.3) is 0 Å². The van der Waals surface area contributed by atoms with Gasteiger partial charge in [0.15, 0.2) is 0 Å². The van der Waals surface area contributed by atoms with Gasteiger partial charge < -0.3 is 9.47 Å². The van der Waals surface area contributed by atoms with Crippen LogP contribution in [-0.4, -0.2) is 24.8 Å². The Morgan fingerprint density at radius 2 is 1.60 bits per heavy atom. The Hall–Kier alpha value is -3.02. The van der Waals surface area contributed by atoms with Crippen molar-refractivity contribution in [2.45, 2.75) is 6.92 Å². The normalized spacial score (nSPS) is 11.1. The Kier molecular flexibility index (Phi) is 7.71. The van der Waals surface area contributed by atoms with Crippen molar-refractivity contribution in [1.82, 2.24) is 5.43 Å². The topological polar surface area (TPSA) is 59.9 Å². The summed E-state index contributed by atoms with van der Waals surface area (Å²) in [5.41, 5.74) is 4.28. The number of rotatable bonds is 8. The molecule has 0 saturated heterocycles. The van der Waals surface area contributed by atoms with Crippen LogP contribution < -0.4 is 14.9 Å². The summed E-state index contributed by atoms with van der Waals surface area (Å²) in [6.07, 6.45) is 0. The number of ether oxygens (including phenoxy) is 2. The van der Waals surface area contributed by atoms with Crippen LogP contribution in [0.15, 0.2) is 77.9 Å². The molecule has 0 unspecified atom stereocenters. The minimum Gasteiger partial charge on any atom is -0.490 e. The molecule has 5 nitrogen and oxygen atoms in total. The second-order valence-corrected chi connectivity index (χ2v) is 7.09. The highest BCUT2D eigenvalue weighted by Gasteiger charge is 2.12. The van der Waals surface area contributed by atoms with Crippen LogP contribution >= 0.6 is 23.2 Å². The van der Waals surface area contributed by atoms with E-state index in [2.05, 4.69) is 10.5 Å². The average Bonchev–Trinajstić information content (AvgIpc) is 2.77. The predicted molar refractivity (Wildman–Crippen MR) is 120 cm³/mol. The monoisotopic (exact) mass is 442 g/mol. The molecule has 30 heavy (non-hydrogen) atoms. The van der Waals surface area contributed by atoms with Gasteiger partial charge in [0.2, 0.25) is 0 Å². The molecule has 0 aliphatic carbocycles. The fraction of sp³-hybridized carbons (Fsp3) is 0.130. The van der Waals surface area contributed by atoms with Gasteiger partial charge in [0.25, 0.3) is 5.91 Å². The van der Waals surface area contributed by atoms with Crippen molar-refractivity contribution >= 4 is 34.8 Å². The van der Waals surface area contributed by atoms with Crippen molar-refractivity contribution in [3.63, 3.8) is 0 Å². The molecule has 1 amide bonds. The molecule has 7 heteroatoms. The minimum absolute atomic E-state index is 0.296. The number of carbonyl (C=O) groups is 1. The van der Waals surface area contributed by atoms with Gasteiger partial charge in [0.05, 0.1) is 21.3 Å². The lowest BCUT2D eigenvalue weighted by Crippen LogP contribution is -2.21. The lowest BCUT2D eigenvalue weighted by molar-refractivity contribution is 0.0949. The predicted octanol–water partition coefficient (Wildman–Crippen LogP) is 5.61. The number of nitrogens with zero attached hydrogens (tertiary/aromatic N) is 1. The molecule has 0 spiro atoms. The van der Waals surface area contributed by atoms with Crippen LogP contribution in [0.2, 0.25) is 10.0 Å². The standard InChI is InChI=1S/C23H20Cl2N2O3/c1-16(17-11-12-20(24)21(25)15-17)26-27-23(28)19-9-5-6-10-22(19)30-14-13-29-18-7-3-2-4-8-18/h2-12,15H,13-14H2,1H3,(H,27,28). The molecule has 0 saturated carbocycles. The van der Waals surface area contributed by atoms with E-state index in [0.717, 1.165) is 11.3 Å². The van der Waals surface area contributed by atoms with Gasteiger partial charge in [-0.3, -0.25) is 4.79 Å². The molecule has 0 atom stereocenters. The van der Waals surface area contributed by atoms with E-state index in [1.165, 1.54) is 0 Å². The van der Waals surface area contributed by atoms with E-state index in [0.29, 0.717) is 40.3 Å². The highest BCUT2D eigenvalue weighted by Crippen LogP contribution is 2.23. The molecular weight excluding hydrogens is 423 g/mol. The van der Waals surface area contributed by atoms with Gasteiger partial charge in [-0.1, -0.05) is 59.6 Å². The van der Waals surface area contributed by atoms with E-state index >= 15 is 0 Å². The van der Waals surface area contributed by atoms with Crippen molar-refractivity contribution in [3.05, 3.63) is 94.0 Å². The Balaban J connectivity index is 1.59. The molecule has 0 aliphatic heterocycles. The lowest BCUT2D eigenvalue weighted by atomic mass is 10.1. The SMILES string of the molecule is CC(=NNC(=O)c1ccccc1OCCOc1ccccc1)c1ccc(Cl)c(Cl)c1. The van der Waals surface area contributed by atoms with Gasteiger partial charge in [-0.2, -0.15) is 5.10 Å². The Morgan fingerprint density at radius 3 is 2.37 bits per heavy atom. The molecule has 0 heterocycles. The van der Waals surface area contributed by atoms with Crippen LogP contribution in [0.1, 0.15) is 22.8 Å². The summed E-state index contributed by atoms with van der Waals surface area (Å²) in [7, 11) is 0. The molecule has 0 radical (unpaired) electrons. The molecule has 0 aliphatic rings. The highest BCUT2D eigenvalue weighted by atomic mass is 35.5. The molecule has 0 bridgehead atoms. The first-order chi connectivity index (χ1) is 14.5. The third kappa shape index (κ3) is 5.99. The Morgan fingerprint density at radius 1 is 0.900 bits per heavy atom. The number of para-hydroxylation sites is 2. The van der Waals surface area contributed by atoms with E-state index < -0.39 is 0 Å². The number of hydrogen-bond donors (Lipinski definition) is 1. The van der Waals surface area contributed by atoms with Gasteiger partial charge in [-0.25, -0.2) is 5.43 Å². The molecule has 154 valence electrons.